The second-order valence-corrected chi connectivity index (χ2v) is 6.17. The van der Waals surface area contributed by atoms with Gasteiger partial charge in [-0.2, -0.15) is 5.10 Å². The largest absolute Gasteiger partial charge is 0.464 e. The van der Waals surface area contributed by atoms with Crippen LogP contribution < -0.4 is 0 Å². The number of rotatable bonds is 4. The number of aryl methyl sites for hydroxylation is 1. The molecule has 1 amide bonds. The van der Waals surface area contributed by atoms with Crippen LogP contribution in [0, 0.1) is 0 Å². The van der Waals surface area contributed by atoms with Crippen molar-refractivity contribution in [1.29, 1.82) is 0 Å². The van der Waals surface area contributed by atoms with Gasteiger partial charge in [-0.3, -0.25) is 9.48 Å². The minimum Gasteiger partial charge on any atom is -0.464 e. The number of carbonyl (C=O) groups is 2. The SMILES string of the molecule is COC(=O)c1cc2n(n1)CCCN(C(=O)CSc1ncccn1)C2. The van der Waals surface area contributed by atoms with Gasteiger partial charge in [0.2, 0.25) is 5.91 Å². The van der Waals surface area contributed by atoms with Gasteiger partial charge in [-0.1, -0.05) is 11.8 Å². The average Bonchev–Trinajstić information content (AvgIpc) is 2.91. The van der Waals surface area contributed by atoms with Crippen LogP contribution in [0.15, 0.2) is 29.7 Å². The minimum atomic E-state index is -0.467. The number of amides is 1. The van der Waals surface area contributed by atoms with Crippen molar-refractivity contribution in [2.45, 2.75) is 24.7 Å². The van der Waals surface area contributed by atoms with E-state index in [2.05, 4.69) is 15.1 Å². The number of hydrogen-bond donors (Lipinski definition) is 0. The maximum absolute atomic E-state index is 12.5. The van der Waals surface area contributed by atoms with Crippen molar-refractivity contribution in [3.63, 3.8) is 0 Å². The van der Waals surface area contributed by atoms with Gasteiger partial charge in [-0.25, -0.2) is 14.8 Å². The molecule has 24 heavy (non-hydrogen) atoms. The molecule has 9 heteroatoms. The van der Waals surface area contributed by atoms with Gasteiger partial charge in [-0.05, 0) is 18.6 Å². The number of aromatic nitrogens is 4. The summed E-state index contributed by atoms with van der Waals surface area (Å²) in [5.41, 5.74) is 1.11. The van der Waals surface area contributed by atoms with Crippen LogP contribution in [0.3, 0.4) is 0 Å². The quantitative estimate of drug-likeness (QED) is 0.463. The molecule has 0 aliphatic carbocycles. The molecule has 1 aliphatic rings. The predicted molar refractivity (Wildman–Crippen MR) is 86.4 cm³/mol. The predicted octanol–water partition coefficient (Wildman–Crippen LogP) is 0.984. The van der Waals surface area contributed by atoms with Gasteiger partial charge in [0, 0.05) is 25.5 Å². The molecule has 8 nitrogen and oxygen atoms in total. The smallest absolute Gasteiger partial charge is 0.358 e. The van der Waals surface area contributed by atoms with E-state index in [0.29, 0.717) is 24.8 Å². The summed E-state index contributed by atoms with van der Waals surface area (Å²) >= 11 is 1.31. The summed E-state index contributed by atoms with van der Waals surface area (Å²) < 4.78 is 6.47. The van der Waals surface area contributed by atoms with Crippen molar-refractivity contribution in [1.82, 2.24) is 24.6 Å². The van der Waals surface area contributed by atoms with Crippen molar-refractivity contribution in [2.24, 2.45) is 0 Å². The number of fused-ring (bicyclic) bond motifs is 1. The van der Waals surface area contributed by atoms with Crippen molar-refractivity contribution >= 4 is 23.6 Å². The van der Waals surface area contributed by atoms with E-state index in [1.54, 1.807) is 34.1 Å². The van der Waals surface area contributed by atoms with Crippen LogP contribution in [0.25, 0.3) is 0 Å². The lowest BCUT2D eigenvalue weighted by Crippen LogP contribution is -2.32. The Bertz CT molecular complexity index is 734. The molecule has 0 atom stereocenters. The molecule has 126 valence electrons. The molecular weight excluding hydrogens is 330 g/mol. The number of methoxy groups -OCH3 is 1. The third-order valence-corrected chi connectivity index (χ3v) is 4.49. The molecule has 0 saturated heterocycles. The molecule has 0 N–H and O–H groups in total. The normalized spacial score (nSPS) is 14.0. The van der Waals surface area contributed by atoms with Gasteiger partial charge in [0.05, 0.1) is 25.1 Å². The number of nitrogens with zero attached hydrogens (tertiary/aromatic N) is 5. The fraction of sp³-hybridized carbons (Fsp3) is 0.400. The monoisotopic (exact) mass is 347 g/mol. The first-order chi connectivity index (χ1) is 11.7. The maximum Gasteiger partial charge on any atom is 0.358 e. The molecule has 3 heterocycles. The molecule has 0 saturated carbocycles. The highest BCUT2D eigenvalue weighted by Crippen LogP contribution is 2.17. The van der Waals surface area contributed by atoms with E-state index in [4.69, 9.17) is 4.74 Å². The van der Waals surface area contributed by atoms with E-state index < -0.39 is 5.97 Å². The van der Waals surface area contributed by atoms with E-state index in [0.717, 1.165) is 12.1 Å². The molecule has 0 radical (unpaired) electrons. The first-order valence-corrected chi connectivity index (χ1v) is 8.48. The van der Waals surface area contributed by atoms with E-state index in [1.165, 1.54) is 18.9 Å². The van der Waals surface area contributed by atoms with Crippen LogP contribution in [-0.4, -0.2) is 55.9 Å². The van der Waals surface area contributed by atoms with Crippen LogP contribution in [0.1, 0.15) is 22.6 Å². The number of ether oxygens (including phenoxy) is 1. The standard InChI is InChI=1S/C15H17N5O3S/c1-23-14(22)12-8-11-9-19(6-3-7-20(11)18-12)13(21)10-24-15-16-4-2-5-17-15/h2,4-5,8H,3,6-7,9-10H2,1H3. The van der Waals surface area contributed by atoms with E-state index in [1.807, 2.05) is 0 Å². The van der Waals surface area contributed by atoms with Gasteiger partial charge in [0.15, 0.2) is 10.9 Å². The Balaban J connectivity index is 1.65. The summed E-state index contributed by atoms with van der Waals surface area (Å²) in [4.78, 5) is 34.0. The van der Waals surface area contributed by atoms with E-state index in [9.17, 15) is 9.59 Å². The molecule has 2 aromatic rings. The number of esters is 1. The lowest BCUT2D eigenvalue weighted by atomic mass is 10.3. The van der Waals surface area contributed by atoms with Crippen molar-refractivity contribution in [3.05, 3.63) is 35.9 Å². The Morgan fingerprint density at radius 1 is 1.29 bits per heavy atom. The molecule has 1 aliphatic heterocycles. The van der Waals surface area contributed by atoms with Gasteiger partial charge in [0.1, 0.15) is 0 Å². The fourth-order valence-corrected chi connectivity index (χ4v) is 3.16. The van der Waals surface area contributed by atoms with Gasteiger partial charge in [-0.15, -0.1) is 0 Å². The van der Waals surface area contributed by atoms with Crippen molar-refractivity contribution in [3.8, 4) is 0 Å². The average molecular weight is 347 g/mol. The van der Waals surface area contributed by atoms with E-state index in [-0.39, 0.29) is 17.4 Å². The number of carbonyl (C=O) groups excluding carboxylic acids is 2. The van der Waals surface area contributed by atoms with Gasteiger partial charge < -0.3 is 9.64 Å². The number of thioether (sulfide) groups is 1. The molecule has 2 aromatic heterocycles. The molecule has 0 unspecified atom stereocenters. The fourth-order valence-electron chi connectivity index (χ4n) is 2.46. The maximum atomic E-state index is 12.5. The first kappa shape index (κ1) is 16.4. The Hall–Kier alpha value is -2.42. The van der Waals surface area contributed by atoms with Crippen molar-refractivity contribution < 1.29 is 14.3 Å². The van der Waals surface area contributed by atoms with Crippen LogP contribution in [0.4, 0.5) is 0 Å². The lowest BCUT2D eigenvalue weighted by molar-refractivity contribution is -0.128. The van der Waals surface area contributed by atoms with Gasteiger partial charge >= 0.3 is 5.97 Å². The minimum absolute atomic E-state index is 0.0155. The Morgan fingerprint density at radius 3 is 2.83 bits per heavy atom. The molecule has 0 aromatic carbocycles. The molecule has 3 rings (SSSR count). The molecule has 0 fully saturated rings. The third kappa shape index (κ3) is 3.73. The summed E-state index contributed by atoms with van der Waals surface area (Å²) in [5, 5.41) is 4.83. The Labute approximate surface area is 143 Å². The van der Waals surface area contributed by atoms with Crippen LogP contribution in [-0.2, 0) is 22.6 Å². The van der Waals surface area contributed by atoms with Crippen LogP contribution in [0.2, 0.25) is 0 Å². The summed E-state index contributed by atoms with van der Waals surface area (Å²) in [6.45, 7) is 1.76. The second-order valence-electron chi connectivity index (χ2n) is 5.22. The zero-order valence-electron chi connectivity index (χ0n) is 13.2. The first-order valence-electron chi connectivity index (χ1n) is 7.50. The van der Waals surface area contributed by atoms with Crippen LogP contribution in [0.5, 0.6) is 0 Å². The summed E-state index contributed by atoms with van der Waals surface area (Å²) in [6, 6.07) is 3.42. The summed E-state index contributed by atoms with van der Waals surface area (Å²) in [5.74, 6) is -0.172. The topological polar surface area (TPSA) is 90.2 Å². The summed E-state index contributed by atoms with van der Waals surface area (Å²) in [6.07, 6.45) is 4.09. The second kappa shape index (κ2) is 7.43. The van der Waals surface area contributed by atoms with Gasteiger partial charge in [0.25, 0.3) is 0 Å². The van der Waals surface area contributed by atoms with Crippen molar-refractivity contribution in [2.75, 3.05) is 19.4 Å². The highest BCUT2D eigenvalue weighted by molar-refractivity contribution is 7.99. The molecule has 0 bridgehead atoms. The Kier molecular flexibility index (Phi) is 5.09. The highest BCUT2D eigenvalue weighted by atomic mass is 32.2. The number of hydrogen-bond acceptors (Lipinski definition) is 7. The van der Waals surface area contributed by atoms with E-state index >= 15 is 0 Å². The highest BCUT2D eigenvalue weighted by Gasteiger charge is 2.22. The third-order valence-electron chi connectivity index (χ3n) is 3.63. The molecular formula is C15H17N5O3S. The lowest BCUT2D eigenvalue weighted by Gasteiger charge is -2.19. The zero-order valence-corrected chi connectivity index (χ0v) is 14.0. The molecule has 0 spiro atoms. The Morgan fingerprint density at radius 2 is 2.08 bits per heavy atom. The summed E-state index contributed by atoms with van der Waals surface area (Å²) in [7, 11) is 1.32. The zero-order chi connectivity index (χ0) is 16.9. The van der Waals surface area contributed by atoms with Crippen LogP contribution >= 0.6 is 11.8 Å².